The summed E-state index contributed by atoms with van der Waals surface area (Å²) in [5.74, 6) is 7.31. The number of nitrogens with zero attached hydrogens (tertiary/aromatic N) is 4. The van der Waals surface area contributed by atoms with E-state index in [1.54, 1.807) is 12.3 Å². The second kappa shape index (κ2) is 6.46. The highest BCUT2D eigenvalue weighted by molar-refractivity contribution is 5.88. The number of hydrogen-bond donors (Lipinski definition) is 2. The Morgan fingerprint density at radius 3 is 3.00 bits per heavy atom. The molecule has 1 aliphatic rings. The lowest BCUT2D eigenvalue weighted by molar-refractivity contribution is 0.464. The third-order valence-corrected chi connectivity index (χ3v) is 3.33. The van der Waals surface area contributed by atoms with Crippen LogP contribution in [-0.4, -0.2) is 41.7 Å². The standard InChI is InChI=1S/C17H18N6/c1-23(2)7-3-4-12-8-14(9-13-10-19-11-15(12)13)21-16-5-6-20-17(18)22-16/h5-6,8-10H,7,11H2,1-2H3,(H3,18,20,21,22). The van der Waals surface area contributed by atoms with Gasteiger partial charge in [-0.3, -0.25) is 9.89 Å². The van der Waals surface area contributed by atoms with E-state index in [2.05, 4.69) is 32.1 Å². The highest BCUT2D eigenvalue weighted by atomic mass is 15.1. The van der Waals surface area contributed by atoms with Gasteiger partial charge in [-0.15, -0.1) is 0 Å². The number of nitrogen functional groups attached to an aromatic ring is 1. The molecule has 1 aromatic carbocycles. The van der Waals surface area contributed by atoms with E-state index >= 15 is 0 Å². The predicted molar refractivity (Wildman–Crippen MR) is 92.9 cm³/mol. The van der Waals surface area contributed by atoms with Crippen molar-refractivity contribution in [2.45, 2.75) is 6.54 Å². The van der Waals surface area contributed by atoms with Crippen LogP contribution in [0.25, 0.3) is 0 Å². The molecule has 116 valence electrons. The number of nitrogens with one attached hydrogen (secondary N) is 1. The predicted octanol–water partition coefficient (Wildman–Crippen LogP) is 1.65. The third kappa shape index (κ3) is 3.65. The number of anilines is 3. The molecular formula is C17H18N6. The molecule has 0 fully saturated rings. The Morgan fingerprint density at radius 1 is 1.35 bits per heavy atom. The lowest BCUT2D eigenvalue weighted by Crippen LogP contribution is -2.10. The molecule has 3 rings (SSSR count). The lowest BCUT2D eigenvalue weighted by atomic mass is 10.0. The van der Waals surface area contributed by atoms with Crippen LogP contribution in [-0.2, 0) is 6.54 Å². The molecule has 0 aliphatic carbocycles. The Morgan fingerprint density at radius 2 is 2.22 bits per heavy atom. The van der Waals surface area contributed by atoms with Crippen LogP contribution in [0.2, 0.25) is 0 Å². The largest absolute Gasteiger partial charge is 0.368 e. The van der Waals surface area contributed by atoms with Gasteiger partial charge in [0.05, 0.1) is 13.1 Å². The molecule has 1 aliphatic heterocycles. The Hall–Kier alpha value is -2.91. The van der Waals surface area contributed by atoms with E-state index < -0.39 is 0 Å². The molecule has 0 atom stereocenters. The normalized spacial score (nSPS) is 12.0. The monoisotopic (exact) mass is 306 g/mol. The molecule has 0 unspecified atom stereocenters. The topological polar surface area (TPSA) is 79.4 Å². The summed E-state index contributed by atoms with van der Waals surface area (Å²) >= 11 is 0. The van der Waals surface area contributed by atoms with E-state index in [0.717, 1.165) is 23.4 Å². The number of hydrogen-bond acceptors (Lipinski definition) is 6. The highest BCUT2D eigenvalue weighted by Crippen LogP contribution is 2.25. The van der Waals surface area contributed by atoms with Crippen LogP contribution in [0.3, 0.4) is 0 Å². The summed E-state index contributed by atoms with van der Waals surface area (Å²) in [5, 5.41) is 3.24. The zero-order valence-electron chi connectivity index (χ0n) is 13.2. The minimum atomic E-state index is 0.240. The summed E-state index contributed by atoms with van der Waals surface area (Å²) in [6, 6.07) is 5.84. The molecule has 0 spiro atoms. The van der Waals surface area contributed by atoms with E-state index in [1.807, 2.05) is 37.3 Å². The fraction of sp³-hybridized carbons (Fsp3) is 0.235. The van der Waals surface area contributed by atoms with Crippen LogP contribution in [0.4, 0.5) is 17.5 Å². The Balaban J connectivity index is 1.92. The van der Waals surface area contributed by atoms with E-state index in [1.165, 1.54) is 5.56 Å². The van der Waals surface area contributed by atoms with Gasteiger partial charge in [0.25, 0.3) is 0 Å². The first-order valence-corrected chi connectivity index (χ1v) is 7.28. The first-order chi connectivity index (χ1) is 11.1. The van der Waals surface area contributed by atoms with Crippen molar-refractivity contribution in [2.24, 2.45) is 4.99 Å². The molecule has 6 nitrogen and oxygen atoms in total. The van der Waals surface area contributed by atoms with Gasteiger partial charge < -0.3 is 11.1 Å². The van der Waals surface area contributed by atoms with Crippen LogP contribution in [0, 0.1) is 11.8 Å². The van der Waals surface area contributed by atoms with Gasteiger partial charge in [-0.05, 0) is 37.9 Å². The molecule has 3 N–H and O–H groups in total. The minimum absolute atomic E-state index is 0.240. The van der Waals surface area contributed by atoms with Gasteiger partial charge in [0.2, 0.25) is 5.95 Å². The summed E-state index contributed by atoms with van der Waals surface area (Å²) < 4.78 is 0. The zero-order chi connectivity index (χ0) is 16.2. The molecule has 0 radical (unpaired) electrons. The van der Waals surface area contributed by atoms with Gasteiger partial charge in [0, 0.05) is 29.2 Å². The average Bonchev–Trinajstić information content (AvgIpc) is 2.95. The first-order valence-electron chi connectivity index (χ1n) is 7.28. The summed E-state index contributed by atoms with van der Waals surface area (Å²) in [4.78, 5) is 14.4. The van der Waals surface area contributed by atoms with Crippen LogP contribution < -0.4 is 11.1 Å². The van der Waals surface area contributed by atoms with Crippen molar-refractivity contribution in [3.05, 3.63) is 41.1 Å². The fourth-order valence-corrected chi connectivity index (χ4v) is 2.29. The number of nitrogens with two attached hydrogens (primary N) is 1. The molecule has 2 heterocycles. The van der Waals surface area contributed by atoms with E-state index in [9.17, 15) is 0 Å². The molecule has 1 aromatic heterocycles. The van der Waals surface area contributed by atoms with Gasteiger partial charge in [0.15, 0.2) is 0 Å². The van der Waals surface area contributed by atoms with E-state index in [0.29, 0.717) is 12.4 Å². The highest BCUT2D eigenvalue weighted by Gasteiger charge is 2.12. The van der Waals surface area contributed by atoms with Crippen LogP contribution >= 0.6 is 0 Å². The fourth-order valence-electron chi connectivity index (χ4n) is 2.29. The number of rotatable bonds is 3. The molecule has 0 bridgehead atoms. The maximum absolute atomic E-state index is 5.62. The van der Waals surface area contributed by atoms with Crippen LogP contribution in [0.1, 0.15) is 16.7 Å². The Labute approximate surface area is 135 Å². The van der Waals surface area contributed by atoms with Crippen molar-refractivity contribution >= 4 is 23.7 Å². The number of benzene rings is 1. The van der Waals surface area contributed by atoms with Crippen molar-refractivity contribution in [2.75, 3.05) is 31.7 Å². The molecule has 0 saturated heterocycles. The third-order valence-electron chi connectivity index (χ3n) is 3.33. The molecule has 2 aromatic rings. The quantitative estimate of drug-likeness (QED) is 0.843. The van der Waals surface area contributed by atoms with Gasteiger partial charge in [-0.2, -0.15) is 4.98 Å². The summed E-state index contributed by atoms with van der Waals surface area (Å²) in [7, 11) is 4.00. The van der Waals surface area contributed by atoms with Gasteiger partial charge >= 0.3 is 0 Å². The van der Waals surface area contributed by atoms with Crippen molar-refractivity contribution in [3.8, 4) is 11.8 Å². The minimum Gasteiger partial charge on any atom is -0.368 e. The number of aromatic nitrogens is 2. The summed E-state index contributed by atoms with van der Waals surface area (Å²) in [6.45, 7) is 1.40. The van der Waals surface area contributed by atoms with Crippen molar-refractivity contribution in [3.63, 3.8) is 0 Å². The van der Waals surface area contributed by atoms with Gasteiger partial charge in [-0.1, -0.05) is 11.8 Å². The Kier molecular flexibility index (Phi) is 4.22. The van der Waals surface area contributed by atoms with Crippen molar-refractivity contribution in [1.82, 2.24) is 14.9 Å². The van der Waals surface area contributed by atoms with Crippen molar-refractivity contribution in [1.29, 1.82) is 0 Å². The van der Waals surface area contributed by atoms with E-state index in [4.69, 9.17) is 5.73 Å². The van der Waals surface area contributed by atoms with Crippen LogP contribution in [0.5, 0.6) is 0 Å². The maximum Gasteiger partial charge on any atom is 0.221 e. The second-order valence-corrected chi connectivity index (χ2v) is 5.53. The van der Waals surface area contributed by atoms with Gasteiger partial charge in [-0.25, -0.2) is 4.98 Å². The number of fused-ring (bicyclic) bond motifs is 1. The summed E-state index contributed by atoms with van der Waals surface area (Å²) in [6.07, 6.45) is 3.50. The number of aliphatic imine (C=N–C) groups is 1. The molecular weight excluding hydrogens is 288 g/mol. The molecule has 6 heteroatoms. The first kappa shape index (κ1) is 15.0. The zero-order valence-corrected chi connectivity index (χ0v) is 13.2. The smallest absolute Gasteiger partial charge is 0.221 e. The molecule has 0 saturated carbocycles. The van der Waals surface area contributed by atoms with Gasteiger partial charge in [0.1, 0.15) is 5.82 Å². The molecule has 0 amide bonds. The van der Waals surface area contributed by atoms with E-state index in [-0.39, 0.29) is 5.95 Å². The maximum atomic E-state index is 5.62. The Bertz CT molecular complexity index is 814. The second-order valence-electron chi connectivity index (χ2n) is 5.53. The SMILES string of the molecule is CN(C)CC#Cc1cc(Nc2ccnc(N)n2)cc2c1CN=C2. The lowest BCUT2D eigenvalue weighted by Gasteiger charge is -2.10. The average molecular weight is 306 g/mol. The van der Waals surface area contributed by atoms with Crippen LogP contribution in [0.15, 0.2) is 29.4 Å². The summed E-state index contributed by atoms with van der Waals surface area (Å²) in [5.41, 5.74) is 9.77. The molecule has 23 heavy (non-hydrogen) atoms. The van der Waals surface area contributed by atoms with Crippen molar-refractivity contribution < 1.29 is 0 Å².